The summed E-state index contributed by atoms with van der Waals surface area (Å²) in [4.78, 5) is 17.9. The number of hydrogen-bond acceptors (Lipinski definition) is 4. The summed E-state index contributed by atoms with van der Waals surface area (Å²) in [7, 11) is 0. The molecule has 1 radical (unpaired) electrons. The smallest absolute Gasteiger partial charge is 0.543 e. The Balaban J connectivity index is -0.000000125. The van der Waals surface area contributed by atoms with Gasteiger partial charge in [0.05, 0.1) is 11.9 Å². The maximum absolute atomic E-state index is 8.93. The molecule has 0 fully saturated rings. The molecule has 0 amide bonds. The van der Waals surface area contributed by atoms with Crippen LogP contribution in [0.15, 0.2) is 0 Å². The van der Waals surface area contributed by atoms with Crippen LogP contribution in [0.2, 0.25) is 0 Å². The minimum absolute atomic E-state index is 0. The molecule has 0 heterocycles. The fourth-order valence-electron chi connectivity index (χ4n) is 0. The van der Waals surface area contributed by atoms with Crippen LogP contribution < -0.4 is 61.6 Å². The van der Waals surface area contributed by atoms with Crippen molar-refractivity contribution in [3.05, 3.63) is 0 Å². The molecule has 0 N–H and O–H groups in total. The second-order valence-electron chi connectivity index (χ2n) is 0.575. The molecule has 0 bridgehead atoms. The van der Waals surface area contributed by atoms with Gasteiger partial charge < -0.3 is 19.8 Å². The number of carbonyl (C=O) groups excluding carboxylic acids is 2. The largest absolute Gasteiger partial charge is 2.00 e. The molecule has 0 aromatic heterocycles. The third-order valence-electron chi connectivity index (χ3n) is 0.167. The molecule has 8 heavy (non-hydrogen) atoms. The van der Waals surface area contributed by atoms with E-state index < -0.39 is 11.9 Å². The van der Waals surface area contributed by atoms with Crippen molar-refractivity contribution in [2.75, 3.05) is 0 Å². The second-order valence-corrected chi connectivity index (χ2v) is 0.575. The van der Waals surface area contributed by atoms with Crippen LogP contribution in [0.3, 0.4) is 0 Å². The van der Waals surface area contributed by atoms with Gasteiger partial charge in [-0.3, -0.25) is 0 Å². The summed E-state index contributed by atoms with van der Waals surface area (Å²) < 4.78 is 0. The van der Waals surface area contributed by atoms with Crippen LogP contribution >= 0.6 is 0 Å². The van der Waals surface area contributed by atoms with E-state index >= 15 is 0 Å². The molecule has 0 aliphatic heterocycles. The predicted octanol–water partition coefficient (Wildman–Crippen LogP) is -6.51. The SMILES string of the molecule is O=C([O-])C(=O)[O-].[Cu+2].[K+]. The molecule has 0 aliphatic rings. The quantitative estimate of drug-likeness (QED) is 0.281. The third kappa shape index (κ3) is 10.2. The average molecular weight is 191 g/mol. The van der Waals surface area contributed by atoms with Gasteiger partial charge in [-0.05, 0) is 0 Å². The monoisotopic (exact) mass is 190 g/mol. The fraction of sp³-hybridized carbons (Fsp3) is 0. The van der Waals surface area contributed by atoms with Gasteiger partial charge >= 0.3 is 68.5 Å². The van der Waals surface area contributed by atoms with Crippen LogP contribution in [-0.2, 0) is 26.7 Å². The van der Waals surface area contributed by atoms with Gasteiger partial charge in [-0.1, -0.05) is 0 Å². The second kappa shape index (κ2) is 8.10. The Bertz CT molecular complexity index is 80.0. The molecule has 43 valence electrons. The molecular formula is C2CuKO4+. The molecule has 0 saturated carbocycles. The maximum atomic E-state index is 8.93. The normalized spacial score (nSPS) is 5.50. The van der Waals surface area contributed by atoms with Gasteiger partial charge in [0.25, 0.3) is 0 Å². The molecule has 0 unspecified atom stereocenters. The van der Waals surface area contributed by atoms with Crippen LogP contribution in [0.4, 0.5) is 0 Å². The molecule has 6 heteroatoms. The van der Waals surface area contributed by atoms with E-state index in [2.05, 4.69) is 0 Å². The summed E-state index contributed by atoms with van der Waals surface area (Å²) in [5, 5.41) is 17.9. The van der Waals surface area contributed by atoms with Crippen molar-refractivity contribution in [1.29, 1.82) is 0 Å². The van der Waals surface area contributed by atoms with Crippen molar-refractivity contribution in [1.82, 2.24) is 0 Å². The molecule has 0 aromatic carbocycles. The van der Waals surface area contributed by atoms with E-state index in [1.807, 2.05) is 0 Å². The Morgan fingerprint density at radius 3 is 1.12 bits per heavy atom. The number of aliphatic carboxylic acids is 2. The van der Waals surface area contributed by atoms with Crippen LogP contribution in [-0.4, -0.2) is 11.9 Å². The van der Waals surface area contributed by atoms with E-state index in [9.17, 15) is 0 Å². The zero-order valence-corrected chi connectivity index (χ0v) is 8.00. The maximum Gasteiger partial charge on any atom is 2.00 e. The summed E-state index contributed by atoms with van der Waals surface area (Å²) in [5.41, 5.74) is 0. The van der Waals surface area contributed by atoms with E-state index in [1.54, 1.807) is 0 Å². The van der Waals surface area contributed by atoms with Crippen molar-refractivity contribution in [3.63, 3.8) is 0 Å². The first kappa shape index (κ1) is 16.0. The van der Waals surface area contributed by atoms with Crippen molar-refractivity contribution < 1.29 is 88.3 Å². The zero-order chi connectivity index (χ0) is 5.15. The van der Waals surface area contributed by atoms with E-state index in [0.29, 0.717) is 0 Å². The molecule has 0 spiro atoms. The number of carboxylic acids is 2. The van der Waals surface area contributed by atoms with Crippen molar-refractivity contribution >= 4 is 11.9 Å². The number of carbonyl (C=O) groups is 2. The van der Waals surface area contributed by atoms with Gasteiger partial charge in [-0.25, -0.2) is 0 Å². The molecule has 0 saturated heterocycles. The molecular weight excluding hydrogens is 191 g/mol. The Morgan fingerprint density at radius 2 is 1.12 bits per heavy atom. The van der Waals surface area contributed by atoms with E-state index in [0.717, 1.165) is 0 Å². The Kier molecular flexibility index (Phi) is 16.2. The van der Waals surface area contributed by atoms with Crippen LogP contribution in [0.25, 0.3) is 0 Å². The van der Waals surface area contributed by atoms with Crippen molar-refractivity contribution in [2.24, 2.45) is 0 Å². The van der Waals surface area contributed by atoms with E-state index in [1.165, 1.54) is 0 Å². The van der Waals surface area contributed by atoms with Crippen molar-refractivity contribution in [3.8, 4) is 0 Å². The third-order valence-corrected chi connectivity index (χ3v) is 0.167. The average Bonchev–Trinajstić information content (AvgIpc) is 1.36. The minimum atomic E-state index is -2.19. The summed E-state index contributed by atoms with van der Waals surface area (Å²) >= 11 is 0. The molecule has 0 aliphatic carbocycles. The molecule has 0 rings (SSSR count). The van der Waals surface area contributed by atoms with Gasteiger partial charge in [0.1, 0.15) is 0 Å². The first-order chi connectivity index (χ1) is 2.64. The number of hydrogen-bond donors (Lipinski definition) is 0. The fourth-order valence-corrected chi connectivity index (χ4v) is 0. The van der Waals surface area contributed by atoms with Crippen LogP contribution in [0, 0.1) is 0 Å². The predicted molar refractivity (Wildman–Crippen MR) is 10.0 cm³/mol. The number of carboxylic acid groups (broad SMARTS) is 2. The van der Waals surface area contributed by atoms with Crippen LogP contribution in [0.1, 0.15) is 0 Å². The molecule has 0 atom stereocenters. The van der Waals surface area contributed by atoms with E-state index in [-0.39, 0.29) is 68.5 Å². The minimum Gasteiger partial charge on any atom is -0.543 e. The molecule has 4 nitrogen and oxygen atoms in total. The Morgan fingerprint density at radius 1 is 1.00 bits per heavy atom. The zero-order valence-electron chi connectivity index (χ0n) is 3.93. The van der Waals surface area contributed by atoms with Gasteiger partial charge in [0.15, 0.2) is 0 Å². The van der Waals surface area contributed by atoms with Crippen molar-refractivity contribution in [2.45, 2.75) is 0 Å². The number of rotatable bonds is 0. The van der Waals surface area contributed by atoms with Crippen LogP contribution in [0.5, 0.6) is 0 Å². The topological polar surface area (TPSA) is 80.3 Å². The van der Waals surface area contributed by atoms with Gasteiger partial charge in [0, 0.05) is 0 Å². The van der Waals surface area contributed by atoms with Gasteiger partial charge in [-0.15, -0.1) is 0 Å². The van der Waals surface area contributed by atoms with Gasteiger partial charge in [0.2, 0.25) is 0 Å². The first-order valence-electron chi connectivity index (χ1n) is 1.07. The Hall–Kier alpha value is 1.10. The standard InChI is InChI=1S/C2H2O4.Cu.K/c3-1(4)2(5)6;;/h(H,3,4)(H,5,6);;/q;+2;+1/p-2. The molecule has 0 aromatic rings. The van der Waals surface area contributed by atoms with E-state index in [4.69, 9.17) is 19.8 Å². The summed E-state index contributed by atoms with van der Waals surface area (Å²) in [6, 6.07) is 0. The summed E-state index contributed by atoms with van der Waals surface area (Å²) in [6.45, 7) is 0. The Labute approximate surface area is 98.5 Å². The van der Waals surface area contributed by atoms with Gasteiger partial charge in [-0.2, -0.15) is 0 Å². The summed E-state index contributed by atoms with van der Waals surface area (Å²) in [6.07, 6.45) is 0. The first-order valence-corrected chi connectivity index (χ1v) is 1.07. The summed E-state index contributed by atoms with van der Waals surface area (Å²) in [5.74, 6) is -4.37.